The van der Waals surface area contributed by atoms with Crippen LogP contribution in [0, 0.1) is 0 Å². The van der Waals surface area contributed by atoms with Crippen molar-refractivity contribution in [3.8, 4) is 11.5 Å². The molecule has 7 heteroatoms. The predicted octanol–water partition coefficient (Wildman–Crippen LogP) is 3.89. The first-order valence-corrected chi connectivity index (χ1v) is 10.1. The molecule has 0 bridgehead atoms. The zero-order chi connectivity index (χ0) is 22.4. The summed E-state index contributed by atoms with van der Waals surface area (Å²) in [5.41, 5.74) is 1.77. The zero-order valence-electron chi connectivity index (χ0n) is 18.3. The lowest BCUT2D eigenvalue weighted by Crippen LogP contribution is -2.54. The lowest BCUT2D eigenvalue weighted by molar-refractivity contribution is -0.137. The van der Waals surface area contributed by atoms with Gasteiger partial charge in [-0.2, -0.15) is 0 Å². The van der Waals surface area contributed by atoms with Gasteiger partial charge >= 0.3 is 5.97 Å². The highest BCUT2D eigenvalue weighted by Gasteiger charge is 2.38. The van der Waals surface area contributed by atoms with Crippen molar-refractivity contribution in [2.45, 2.75) is 25.8 Å². The van der Waals surface area contributed by atoms with Crippen LogP contribution in [-0.4, -0.2) is 44.8 Å². The van der Waals surface area contributed by atoms with Gasteiger partial charge in [-0.25, -0.2) is 4.79 Å². The fourth-order valence-electron chi connectivity index (χ4n) is 3.44. The number of hydrogen-bond acceptors (Lipinski definition) is 6. The van der Waals surface area contributed by atoms with E-state index < -0.39 is 11.5 Å². The number of hydrogen-bond donors (Lipinski definition) is 1. The maximum Gasteiger partial charge on any atom is 0.330 e. The Labute approximate surface area is 182 Å². The molecule has 0 fully saturated rings. The van der Waals surface area contributed by atoms with E-state index in [4.69, 9.17) is 14.2 Å². The van der Waals surface area contributed by atoms with Crippen molar-refractivity contribution in [3.63, 3.8) is 0 Å². The lowest BCUT2D eigenvalue weighted by atomic mass is 9.98. The van der Waals surface area contributed by atoms with Gasteiger partial charge in [-0.05, 0) is 56.7 Å². The predicted molar refractivity (Wildman–Crippen MR) is 121 cm³/mol. The van der Waals surface area contributed by atoms with E-state index in [-0.39, 0.29) is 12.5 Å². The Morgan fingerprint density at radius 3 is 2.65 bits per heavy atom. The number of anilines is 2. The molecule has 0 atom stereocenters. The van der Waals surface area contributed by atoms with Crippen molar-refractivity contribution in [1.29, 1.82) is 0 Å². The van der Waals surface area contributed by atoms with Gasteiger partial charge in [0.25, 0.3) is 5.91 Å². The van der Waals surface area contributed by atoms with Gasteiger partial charge in [0.1, 0.15) is 17.0 Å². The van der Waals surface area contributed by atoms with Crippen LogP contribution in [-0.2, 0) is 14.3 Å². The van der Waals surface area contributed by atoms with Crippen LogP contribution in [0.3, 0.4) is 0 Å². The van der Waals surface area contributed by atoms with Crippen molar-refractivity contribution in [2.75, 3.05) is 37.6 Å². The molecule has 0 saturated heterocycles. The monoisotopic (exact) mass is 424 g/mol. The maximum atomic E-state index is 12.8. The third kappa shape index (κ3) is 5.17. The summed E-state index contributed by atoms with van der Waals surface area (Å²) in [5.74, 6) is 0.820. The Hall–Kier alpha value is -3.48. The van der Waals surface area contributed by atoms with Gasteiger partial charge in [0.2, 0.25) is 0 Å². The first-order valence-electron chi connectivity index (χ1n) is 10.1. The number of ether oxygens (including phenoxy) is 3. The number of methoxy groups -OCH3 is 2. The third-order valence-electron chi connectivity index (χ3n) is 5.03. The van der Waals surface area contributed by atoms with Gasteiger partial charge < -0.3 is 24.4 Å². The molecule has 7 nitrogen and oxygen atoms in total. The SMILES string of the molecule is COc1ccc(OC)c(/C=C/C(=O)OCCCN2C(=O)C(C)(C)Nc3ccccc32)c1. The van der Waals surface area contributed by atoms with Crippen LogP contribution >= 0.6 is 0 Å². The van der Waals surface area contributed by atoms with Crippen molar-refractivity contribution >= 4 is 29.3 Å². The molecule has 0 saturated carbocycles. The minimum absolute atomic E-state index is 0.0115. The molecule has 0 aliphatic carbocycles. The summed E-state index contributed by atoms with van der Waals surface area (Å²) in [6, 6.07) is 13.0. The van der Waals surface area contributed by atoms with Crippen molar-refractivity contribution in [3.05, 3.63) is 54.1 Å². The first-order chi connectivity index (χ1) is 14.9. The summed E-state index contributed by atoms with van der Waals surface area (Å²) in [5, 5.41) is 3.27. The molecule has 1 amide bonds. The average molecular weight is 424 g/mol. The molecule has 2 aromatic rings. The number of benzene rings is 2. The van der Waals surface area contributed by atoms with Crippen LogP contribution in [0.15, 0.2) is 48.5 Å². The second-order valence-corrected chi connectivity index (χ2v) is 7.69. The number of esters is 1. The molecular weight excluding hydrogens is 396 g/mol. The van der Waals surface area contributed by atoms with E-state index in [2.05, 4.69) is 5.32 Å². The largest absolute Gasteiger partial charge is 0.497 e. The average Bonchev–Trinajstić information content (AvgIpc) is 2.77. The standard InChI is InChI=1S/C24H28N2O5/c1-24(2)23(28)26(20-9-6-5-8-19(20)25-24)14-7-15-31-22(27)13-10-17-16-18(29-3)11-12-21(17)30-4/h5-6,8-13,16,25H,7,14-15H2,1-4H3/b13-10+. The fraction of sp³-hybridized carbons (Fsp3) is 0.333. The number of rotatable bonds is 8. The van der Waals surface area contributed by atoms with E-state index in [0.29, 0.717) is 30.0 Å². The molecule has 1 aliphatic heterocycles. The summed E-state index contributed by atoms with van der Waals surface area (Å²) in [7, 11) is 3.14. The van der Waals surface area contributed by atoms with Crippen molar-refractivity contribution in [1.82, 2.24) is 0 Å². The van der Waals surface area contributed by atoms with Gasteiger partial charge in [-0.15, -0.1) is 0 Å². The number of fused-ring (bicyclic) bond motifs is 1. The molecule has 0 radical (unpaired) electrons. The Morgan fingerprint density at radius 2 is 1.90 bits per heavy atom. The van der Waals surface area contributed by atoms with Gasteiger partial charge in [-0.3, -0.25) is 4.79 Å². The number of amides is 1. The second-order valence-electron chi connectivity index (χ2n) is 7.69. The van der Waals surface area contributed by atoms with Crippen molar-refractivity contribution in [2.24, 2.45) is 0 Å². The van der Waals surface area contributed by atoms with Crippen LogP contribution in [0.1, 0.15) is 25.8 Å². The van der Waals surface area contributed by atoms with Crippen LogP contribution in [0.5, 0.6) is 11.5 Å². The summed E-state index contributed by atoms with van der Waals surface area (Å²) >= 11 is 0. The molecule has 1 aliphatic rings. The highest BCUT2D eigenvalue weighted by atomic mass is 16.5. The molecule has 0 spiro atoms. The van der Waals surface area contributed by atoms with E-state index in [1.54, 1.807) is 43.4 Å². The van der Waals surface area contributed by atoms with E-state index in [1.165, 1.54) is 6.08 Å². The first kappa shape index (κ1) is 22.2. The van der Waals surface area contributed by atoms with E-state index >= 15 is 0 Å². The Balaban J connectivity index is 1.56. The third-order valence-corrected chi connectivity index (χ3v) is 5.03. The number of nitrogens with one attached hydrogen (secondary N) is 1. The topological polar surface area (TPSA) is 77.1 Å². The minimum Gasteiger partial charge on any atom is -0.497 e. The molecule has 164 valence electrons. The van der Waals surface area contributed by atoms with Gasteiger partial charge in [0.05, 0.1) is 32.2 Å². The highest BCUT2D eigenvalue weighted by Crippen LogP contribution is 2.35. The quantitative estimate of drug-likeness (QED) is 0.394. The van der Waals surface area contributed by atoms with Crippen LogP contribution in [0.25, 0.3) is 6.08 Å². The summed E-state index contributed by atoms with van der Waals surface area (Å²) in [6.45, 7) is 4.38. The minimum atomic E-state index is -0.691. The Bertz CT molecular complexity index is 984. The zero-order valence-corrected chi connectivity index (χ0v) is 18.3. The van der Waals surface area contributed by atoms with E-state index in [9.17, 15) is 9.59 Å². The molecular formula is C24H28N2O5. The van der Waals surface area contributed by atoms with E-state index in [1.807, 2.05) is 38.1 Å². The normalized spacial score (nSPS) is 14.7. The molecule has 2 aromatic carbocycles. The molecule has 0 aromatic heterocycles. The Kier molecular flexibility index (Phi) is 6.84. The van der Waals surface area contributed by atoms with Gasteiger partial charge in [0.15, 0.2) is 0 Å². The Morgan fingerprint density at radius 1 is 1.13 bits per heavy atom. The maximum absolute atomic E-state index is 12.8. The van der Waals surface area contributed by atoms with Crippen LogP contribution in [0.4, 0.5) is 11.4 Å². The van der Waals surface area contributed by atoms with E-state index in [0.717, 1.165) is 11.4 Å². The number of carbonyl (C=O) groups is 2. The summed E-state index contributed by atoms with van der Waals surface area (Å²) in [6.07, 6.45) is 3.51. The molecule has 1 N–H and O–H groups in total. The molecule has 3 rings (SSSR count). The lowest BCUT2D eigenvalue weighted by Gasteiger charge is -2.39. The van der Waals surface area contributed by atoms with Gasteiger partial charge in [-0.1, -0.05) is 12.1 Å². The van der Waals surface area contributed by atoms with Crippen molar-refractivity contribution < 1.29 is 23.8 Å². The molecule has 1 heterocycles. The van der Waals surface area contributed by atoms with Gasteiger partial charge in [0, 0.05) is 18.2 Å². The fourth-order valence-corrected chi connectivity index (χ4v) is 3.44. The highest BCUT2D eigenvalue weighted by molar-refractivity contribution is 6.07. The summed E-state index contributed by atoms with van der Waals surface area (Å²) < 4.78 is 15.8. The number of para-hydroxylation sites is 2. The molecule has 0 unspecified atom stereocenters. The summed E-state index contributed by atoms with van der Waals surface area (Å²) in [4.78, 5) is 26.7. The number of carbonyl (C=O) groups excluding carboxylic acids is 2. The molecule has 31 heavy (non-hydrogen) atoms. The number of nitrogens with zero attached hydrogens (tertiary/aromatic N) is 1. The van der Waals surface area contributed by atoms with Crippen LogP contribution < -0.4 is 19.7 Å². The smallest absolute Gasteiger partial charge is 0.330 e. The van der Waals surface area contributed by atoms with Crippen LogP contribution in [0.2, 0.25) is 0 Å². The second kappa shape index (κ2) is 9.55.